The molecule has 0 N–H and O–H groups in total. The first kappa shape index (κ1) is 14.0. The smallest absolute Gasteiger partial charge is 0.103 e. The molecule has 0 amide bonds. The molecular formula is C16H18N4. The van der Waals surface area contributed by atoms with E-state index in [-0.39, 0.29) is 0 Å². The number of hydrogen-bond donors (Lipinski definition) is 0. The summed E-state index contributed by atoms with van der Waals surface area (Å²) in [7, 11) is 1.97. The summed E-state index contributed by atoms with van der Waals surface area (Å²) in [5, 5.41) is 9.32. The number of aryl methyl sites for hydroxylation is 3. The van der Waals surface area contributed by atoms with Gasteiger partial charge in [-0.3, -0.25) is 9.97 Å². The van der Waals surface area contributed by atoms with Gasteiger partial charge in [0.25, 0.3) is 0 Å². The molecule has 20 heavy (non-hydrogen) atoms. The molecule has 2 aromatic rings. The zero-order chi connectivity index (χ0) is 14.7. The molecule has 0 saturated carbocycles. The Hall–Kier alpha value is -2.41. The Labute approximate surface area is 119 Å². The summed E-state index contributed by atoms with van der Waals surface area (Å²) in [6.07, 6.45) is 0. The number of pyridine rings is 2. The van der Waals surface area contributed by atoms with Crippen LogP contribution in [0.3, 0.4) is 0 Å². The van der Waals surface area contributed by atoms with E-state index in [2.05, 4.69) is 16.0 Å². The fourth-order valence-electron chi connectivity index (χ4n) is 2.26. The van der Waals surface area contributed by atoms with Gasteiger partial charge < -0.3 is 4.90 Å². The van der Waals surface area contributed by atoms with Crippen molar-refractivity contribution in [2.45, 2.75) is 27.3 Å². The molecule has 0 radical (unpaired) electrons. The Morgan fingerprint density at radius 2 is 1.90 bits per heavy atom. The highest BCUT2D eigenvalue weighted by molar-refractivity contribution is 5.61. The van der Waals surface area contributed by atoms with Crippen LogP contribution < -0.4 is 4.90 Å². The van der Waals surface area contributed by atoms with Gasteiger partial charge in [-0.15, -0.1) is 0 Å². The van der Waals surface area contributed by atoms with Gasteiger partial charge >= 0.3 is 0 Å². The Morgan fingerprint density at radius 1 is 1.15 bits per heavy atom. The van der Waals surface area contributed by atoms with Crippen molar-refractivity contribution >= 4 is 5.69 Å². The van der Waals surface area contributed by atoms with Crippen molar-refractivity contribution in [1.82, 2.24) is 9.97 Å². The molecule has 0 aliphatic rings. The average Bonchev–Trinajstić information content (AvgIpc) is 2.37. The summed E-state index contributed by atoms with van der Waals surface area (Å²) in [6.45, 7) is 6.45. The van der Waals surface area contributed by atoms with Crippen molar-refractivity contribution in [3.63, 3.8) is 0 Å². The van der Waals surface area contributed by atoms with Gasteiger partial charge in [-0.25, -0.2) is 0 Å². The molecule has 0 saturated heterocycles. The van der Waals surface area contributed by atoms with E-state index in [1.54, 1.807) is 0 Å². The van der Waals surface area contributed by atoms with Crippen LogP contribution in [-0.2, 0) is 6.54 Å². The molecular weight excluding hydrogens is 248 g/mol. The second-order valence-corrected chi connectivity index (χ2v) is 4.98. The van der Waals surface area contributed by atoms with E-state index in [9.17, 15) is 5.26 Å². The molecule has 2 rings (SSSR count). The molecule has 102 valence electrons. The third-order valence-electron chi connectivity index (χ3n) is 3.18. The standard InChI is InChI=1S/C16H18N4/c1-11-6-5-7-14(19-11)10-20(4)16-8-12(2)18-13(3)15(16)9-17/h5-8H,10H2,1-4H3. The molecule has 0 atom stereocenters. The van der Waals surface area contributed by atoms with Gasteiger partial charge in [0.15, 0.2) is 0 Å². The van der Waals surface area contributed by atoms with Crippen LogP contribution in [0.2, 0.25) is 0 Å². The number of rotatable bonds is 3. The highest BCUT2D eigenvalue weighted by Gasteiger charge is 2.12. The first-order valence-corrected chi connectivity index (χ1v) is 6.53. The topological polar surface area (TPSA) is 52.8 Å². The lowest BCUT2D eigenvalue weighted by Gasteiger charge is -2.21. The van der Waals surface area contributed by atoms with E-state index in [1.165, 1.54) is 0 Å². The van der Waals surface area contributed by atoms with E-state index >= 15 is 0 Å². The van der Waals surface area contributed by atoms with Crippen LogP contribution in [0.4, 0.5) is 5.69 Å². The molecule has 0 bridgehead atoms. The van der Waals surface area contributed by atoms with Crippen molar-refractivity contribution in [1.29, 1.82) is 5.26 Å². The molecule has 4 nitrogen and oxygen atoms in total. The lowest BCUT2D eigenvalue weighted by molar-refractivity contribution is 0.869. The van der Waals surface area contributed by atoms with E-state index in [1.807, 2.05) is 57.0 Å². The minimum absolute atomic E-state index is 0.630. The van der Waals surface area contributed by atoms with E-state index in [0.717, 1.165) is 28.5 Å². The van der Waals surface area contributed by atoms with Crippen LogP contribution in [-0.4, -0.2) is 17.0 Å². The zero-order valence-electron chi connectivity index (χ0n) is 12.3. The maximum Gasteiger partial charge on any atom is 0.103 e. The lowest BCUT2D eigenvalue weighted by atomic mass is 10.1. The number of nitrogens with zero attached hydrogens (tertiary/aromatic N) is 4. The summed E-state index contributed by atoms with van der Waals surface area (Å²) < 4.78 is 0. The lowest BCUT2D eigenvalue weighted by Crippen LogP contribution is -2.19. The quantitative estimate of drug-likeness (QED) is 0.857. The first-order chi connectivity index (χ1) is 9.51. The van der Waals surface area contributed by atoms with Crippen molar-refractivity contribution < 1.29 is 0 Å². The van der Waals surface area contributed by atoms with Gasteiger partial charge in [0.2, 0.25) is 0 Å². The van der Waals surface area contributed by atoms with Crippen molar-refractivity contribution in [2.75, 3.05) is 11.9 Å². The minimum Gasteiger partial charge on any atom is -0.368 e. The van der Waals surface area contributed by atoms with Crippen LogP contribution in [0.15, 0.2) is 24.3 Å². The monoisotopic (exact) mass is 266 g/mol. The maximum atomic E-state index is 9.32. The molecule has 2 aromatic heterocycles. The number of nitriles is 1. The highest BCUT2D eigenvalue weighted by atomic mass is 15.1. The normalized spacial score (nSPS) is 10.2. The molecule has 0 fully saturated rings. The van der Waals surface area contributed by atoms with Gasteiger partial charge in [-0.05, 0) is 39.0 Å². The number of anilines is 1. The first-order valence-electron chi connectivity index (χ1n) is 6.53. The van der Waals surface area contributed by atoms with Crippen LogP contribution in [0.5, 0.6) is 0 Å². The van der Waals surface area contributed by atoms with Gasteiger partial charge in [0.05, 0.1) is 29.2 Å². The van der Waals surface area contributed by atoms with Crippen molar-refractivity contribution in [3.05, 3.63) is 52.6 Å². The Bertz CT molecular complexity index is 671. The maximum absolute atomic E-state index is 9.32. The van der Waals surface area contributed by atoms with E-state index < -0.39 is 0 Å². The van der Waals surface area contributed by atoms with Gasteiger partial charge in [-0.2, -0.15) is 5.26 Å². The third kappa shape index (κ3) is 2.94. The van der Waals surface area contributed by atoms with Gasteiger partial charge in [0, 0.05) is 18.4 Å². The number of aromatic nitrogens is 2. The number of hydrogen-bond acceptors (Lipinski definition) is 4. The second kappa shape index (κ2) is 5.70. The van der Waals surface area contributed by atoms with Crippen LogP contribution in [0.25, 0.3) is 0 Å². The fraction of sp³-hybridized carbons (Fsp3) is 0.312. The molecule has 0 aliphatic heterocycles. The average molecular weight is 266 g/mol. The summed E-state index contributed by atoms with van der Waals surface area (Å²) >= 11 is 0. The van der Waals surface area contributed by atoms with Crippen LogP contribution >= 0.6 is 0 Å². The molecule has 2 heterocycles. The summed E-state index contributed by atoms with van der Waals surface area (Å²) in [5.74, 6) is 0. The Morgan fingerprint density at radius 3 is 2.55 bits per heavy atom. The van der Waals surface area contributed by atoms with Gasteiger partial charge in [0.1, 0.15) is 6.07 Å². The summed E-state index contributed by atoms with van der Waals surface area (Å²) in [4.78, 5) is 10.9. The largest absolute Gasteiger partial charge is 0.368 e. The van der Waals surface area contributed by atoms with Gasteiger partial charge in [-0.1, -0.05) is 6.07 Å². The molecule has 4 heteroatoms. The van der Waals surface area contributed by atoms with Crippen LogP contribution in [0.1, 0.15) is 28.3 Å². The predicted molar refractivity (Wildman–Crippen MR) is 79.5 cm³/mol. The van der Waals surface area contributed by atoms with Crippen molar-refractivity contribution in [3.8, 4) is 6.07 Å². The fourth-order valence-corrected chi connectivity index (χ4v) is 2.26. The highest BCUT2D eigenvalue weighted by Crippen LogP contribution is 2.23. The van der Waals surface area contributed by atoms with Crippen molar-refractivity contribution in [2.24, 2.45) is 0 Å². The second-order valence-electron chi connectivity index (χ2n) is 4.98. The van der Waals surface area contributed by atoms with E-state index in [4.69, 9.17) is 0 Å². The SMILES string of the molecule is Cc1cccc(CN(C)c2cc(C)nc(C)c2C#N)n1. The summed E-state index contributed by atoms with van der Waals surface area (Å²) in [6, 6.07) is 10.2. The Balaban J connectivity index is 2.34. The molecule has 0 spiro atoms. The minimum atomic E-state index is 0.630. The van der Waals surface area contributed by atoms with E-state index in [0.29, 0.717) is 12.1 Å². The molecule has 0 aromatic carbocycles. The summed E-state index contributed by atoms with van der Waals surface area (Å²) in [5.41, 5.74) is 5.21. The third-order valence-corrected chi connectivity index (χ3v) is 3.18. The Kier molecular flexibility index (Phi) is 3.99. The molecule has 0 aliphatic carbocycles. The zero-order valence-corrected chi connectivity index (χ0v) is 12.3. The predicted octanol–water partition coefficient (Wildman–Crippen LogP) is 2.91. The molecule has 0 unspecified atom stereocenters. The van der Waals surface area contributed by atoms with Crippen LogP contribution in [0, 0.1) is 32.1 Å².